The Hall–Kier alpha value is -1.72. The summed E-state index contributed by atoms with van der Waals surface area (Å²) in [6.45, 7) is 5.32. The Kier molecular flexibility index (Phi) is 3.78. The number of rotatable bonds is 5. The lowest BCUT2D eigenvalue weighted by molar-refractivity contribution is -0.196. The molecule has 0 N–H and O–H groups in total. The van der Waals surface area contributed by atoms with E-state index in [-0.39, 0.29) is 0 Å². The van der Waals surface area contributed by atoms with Crippen LogP contribution in [0.3, 0.4) is 0 Å². The maximum Gasteiger partial charge on any atom is 0.169 e. The molecule has 2 heterocycles. The van der Waals surface area contributed by atoms with Gasteiger partial charge in [0.05, 0.1) is 13.2 Å². The van der Waals surface area contributed by atoms with Gasteiger partial charge < -0.3 is 9.47 Å². The maximum atomic E-state index is 6.48. The first-order valence-electron chi connectivity index (χ1n) is 7.44. The Morgan fingerprint density at radius 1 is 1.19 bits per heavy atom. The zero-order valence-corrected chi connectivity index (χ0v) is 12.5. The third kappa shape index (κ3) is 2.59. The van der Waals surface area contributed by atoms with Crippen molar-refractivity contribution < 1.29 is 9.47 Å². The molecule has 1 aliphatic rings. The number of hydrogen-bond acceptors (Lipinski definition) is 4. The SMILES string of the molecule is CCC1(CC)OCC(Cn2cncn2)(c2ccccc2)O1. The van der Waals surface area contributed by atoms with Crippen molar-refractivity contribution in [1.29, 1.82) is 0 Å². The Labute approximate surface area is 124 Å². The highest BCUT2D eigenvalue weighted by Gasteiger charge is 2.50. The molecule has 112 valence electrons. The van der Waals surface area contributed by atoms with E-state index in [1.54, 1.807) is 17.3 Å². The Bertz CT molecular complexity index is 566. The quantitative estimate of drug-likeness (QED) is 0.848. The van der Waals surface area contributed by atoms with Crippen LogP contribution in [0.1, 0.15) is 32.3 Å². The first-order valence-corrected chi connectivity index (χ1v) is 7.44. The summed E-state index contributed by atoms with van der Waals surface area (Å²) >= 11 is 0. The molecule has 0 bridgehead atoms. The average molecular weight is 287 g/mol. The predicted octanol–water partition coefficient (Wildman–Crippen LogP) is 2.74. The first kappa shape index (κ1) is 14.2. The second kappa shape index (κ2) is 5.58. The van der Waals surface area contributed by atoms with Crippen molar-refractivity contribution in [3.05, 3.63) is 48.5 Å². The van der Waals surface area contributed by atoms with Crippen molar-refractivity contribution in [3.8, 4) is 0 Å². The van der Waals surface area contributed by atoms with Gasteiger partial charge in [-0.2, -0.15) is 5.10 Å². The normalized spacial score (nSPS) is 24.3. The molecule has 0 amide bonds. The minimum atomic E-state index is -0.513. The summed E-state index contributed by atoms with van der Waals surface area (Å²) in [5.41, 5.74) is 0.602. The van der Waals surface area contributed by atoms with Gasteiger partial charge in [-0.15, -0.1) is 0 Å². The Morgan fingerprint density at radius 2 is 1.95 bits per heavy atom. The maximum absolute atomic E-state index is 6.48. The molecule has 2 aromatic rings. The van der Waals surface area contributed by atoms with Gasteiger partial charge >= 0.3 is 0 Å². The lowest BCUT2D eigenvalue weighted by Gasteiger charge is -2.32. The van der Waals surface area contributed by atoms with E-state index < -0.39 is 11.4 Å². The van der Waals surface area contributed by atoms with Crippen molar-refractivity contribution in [2.45, 2.75) is 44.6 Å². The molecule has 1 aromatic carbocycles. The highest BCUT2D eigenvalue weighted by Crippen LogP contribution is 2.43. The van der Waals surface area contributed by atoms with E-state index in [1.807, 2.05) is 18.2 Å². The van der Waals surface area contributed by atoms with Crippen LogP contribution in [-0.2, 0) is 21.6 Å². The molecule has 1 saturated heterocycles. The minimum absolute atomic E-state index is 0.504. The fraction of sp³-hybridized carbons (Fsp3) is 0.500. The fourth-order valence-electron chi connectivity index (χ4n) is 2.89. The van der Waals surface area contributed by atoms with Crippen molar-refractivity contribution in [1.82, 2.24) is 14.8 Å². The van der Waals surface area contributed by atoms with Gasteiger partial charge in [-0.3, -0.25) is 0 Å². The average Bonchev–Trinajstić information content (AvgIpc) is 3.18. The highest BCUT2D eigenvalue weighted by atomic mass is 16.8. The van der Waals surface area contributed by atoms with Gasteiger partial charge in [-0.05, 0) is 18.4 Å². The van der Waals surface area contributed by atoms with Gasteiger partial charge in [0.1, 0.15) is 18.3 Å². The van der Waals surface area contributed by atoms with Crippen molar-refractivity contribution >= 4 is 0 Å². The van der Waals surface area contributed by atoms with E-state index in [0.29, 0.717) is 13.2 Å². The molecule has 1 aromatic heterocycles. The smallest absolute Gasteiger partial charge is 0.169 e. The van der Waals surface area contributed by atoms with Crippen LogP contribution in [0.5, 0.6) is 0 Å². The summed E-state index contributed by atoms with van der Waals surface area (Å²) in [6.07, 6.45) is 4.91. The van der Waals surface area contributed by atoms with E-state index in [1.165, 1.54) is 0 Å². The molecule has 1 unspecified atom stereocenters. The van der Waals surface area contributed by atoms with Gasteiger partial charge in [0.25, 0.3) is 0 Å². The van der Waals surface area contributed by atoms with Crippen LogP contribution in [0, 0.1) is 0 Å². The van der Waals surface area contributed by atoms with E-state index in [0.717, 1.165) is 18.4 Å². The Balaban J connectivity index is 1.97. The van der Waals surface area contributed by atoms with Crippen LogP contribution in [0.2, 0.25) is 0 Å². The third-order valence-electron chi connectivity index (χ3n) is 4.21. The largest absolute Gasteiger partial charge is 0.346 e. The molecule has 3 rings (SSSR count). The molecule has 1 fully saturated rings. The number of ether oxygens (including phenoxy) is 2. The summed E-state index contributed by atoms with van der Waals surface area (Å²) in [4.78, 5) is 4.02. The second-order valence-corrected chi connectivity index (χ2v) is 5.46. The summed E-state index contributed by atoms with van der Waals surface area (Å²) in [5.74, 6) is -0.504. The monoisotopic (exact) mass is 287 g/mol. The lowest BCUT2D eigenvalue weighted by atomic mass is 9.94. The van der Waals surface area contributed by atoms with Gasteiger partial charge in [0, 0.05) is 0 Å². The van der Waals surface area contributed by atoms with Gasteiger partial charge in [-0.1, -0.05) is 44.2 Å². The molecule has 0 spiro atoms. The summed E-state index contributed by atoms with van der Waals surface area (Å²) < 4.78 is 14.4. The number of hydrogen-bond donors (Lipinski definition) is 0. The minimum Gasteiger partial charge on any atom is -0.346 e. The van der Waals surface area contributed by atoms with Crippen LogP contribution in [0.25, 0.3) is 0 Å². The standard InChI is InChI=1S/C16H21N3O2/c1-3-16(4-2)20-11-15(21-16,10-19-13-17-12-18-19)14-8-6-5-7-9-14/h5-9,12-13H,3-4,10-11H2,1-2H3. The van der Waals surface area contributed by atoms with Gasteiger partial charge in [0.2, 0.25) is 0 Å². The molecule has 0 radical (unpaired) electrons. The summed E-state index contributed by atoms with van der Waals surface area (Å²) in [5, 5.41) is 4.22. The van der Waals surface area contributed by atoms with Crippen molar-refractivity contribution in [2.75, 3.05) is 6.61 Å². The molecule has 0 saturated carbocycles. The first-order chi connectivity index (χ1) is 10.2. The number of nitrogens with zero attached hydrogens (tertiary/aromatic N) is 3. The van der Waals surface area contributed by atoms with E-state index in [9.17, 15) is 0 Å². The highest BCUT2D eigenvalue weighted by molar-refractivity contribution is 5.24. The van der Waals surface area contributed by atoms with Crippen molar-refractivity contribution in [3.63, 3.8) is 0 Å². The molecule has 1 atom stereocenters. The molecular weight excluding hydrogens is 266 g/mol. The van der Waals surface area contributed by atoms with Crippen LogP contribution in [-0.4, -0.2) is 27.2 Å². The van der Waals surface area contributed by atoms with Crippen molar-refractivity contribution in [2.24, 2.45) is 0 Å². The number of aromatic nitrogens is 3. The topological polar surface area (TPSA) is 49.2 Å². The van der Waals surface area contributed by atoms with Gasteiger partial charge in [0.15, 0.2) is 5.79 Å². The summed E-state index contributed by atoms with van der Waals surface area (Å²) in [6, 6.07) is 10.2. The number of benzene rings is 1. The molecule has 5 nitrogen and oxygen atoms in total. The molecular formula is C16H21N3O2. The van der Waals surface area contributed by atoms with E-state index >= 15 is 0 Å². The van der Waals surface area contributed by atoms with Crippen LogP contribution in [0.4, 0.5) is 0 Å². The predicted molar refractivity (Wildman–Crippen MR) is 78.5 cm³/mol. The second-order valence-electron chi connectivity index (χ2n) is 5.46. The van der Waals surface area contributed by atoms with Crippen LogP contribution < -0.4 is 0 Å². The fourth-order valence-corrected chi connectivity index (χ4v) is 2.89. The van der Waals surface area contributed by atoms with Gasteiger partial charge in [-0.25, -0.2) is 9.67 Å². The third-order valence-corrected chi connectivity index (χ3v) is 4.21. The molecule has 5 heteroatoms. The lowest BCUT2D eigenvalue weighted by Crippen LogP contribution is -2.38. The van der Waals surface area contributed by atoms with E-state index in [4.69, 9.17) is 9.47 Å². The molecule has 1 aliphatic heterocycles. The Morgan fingerprint density at radius 3 is 2.52 bits per heavy atom. The van der Waals surface area contributed by atoms with E-state index in [2.05, 4.69) is 36.1 Å². The zero-order chi connectivity index (χ0) is 14.8. The molecule has 21 heavy (non-hydrogen) atoms. The summed E-state index contributed by atoms with van der Waals surface area (Å²) in [7, 11) is 0. The van der Waals surface area contributed by atoms with Crippen LogP contribution in [0.15, 0.2) is 43.0 Å². The van der Waals surface area contributed by atoms with Crippen LogP contribution >= 0.6 is 0 Å². The zero-order valence-electron chi connectivity index (χ0n) is 12.5. The molecule has 0 aliphatic carbocycles.